The van der Waals surface area contributed by atoms with Gasteiger partial charge in [-0.25, -0.2) is 34.1 Å². The van der Waals surface area contributed by atoms with Crippen molar-refractivity contribution in [2.24, 2.45) is 0 Å². The lowest BCUT2D eigenvalue weighted by molar-refractivity contribution is 0.0250. The highest BCUT2D eigenvalue weighted by Gasteiger charge is 2.18. The number of esters is 4. The van der Waals surface area contributed by atoms with Crippen LogP contribution in [0.4, 0.5) is 0 Å². The van der Waals surface area contributed by atoms with Gasteiger partial charge in [-0.3, -0.25) is 0 Å². The first kappa shape index (κ1) is 22.8. The minimum atomic E-state index is -0.808. The first-order valence-electron chi connectivity index (χ1n) is 10.9. The van der Waals surface area contributed by atoms with E-state index in [1.165, 1.54) is 30.3 Å². The highest BCUT2D eigenvalue weighted by molar-refractivity contribution is 6.05. The Balaban J connectivity index is 1.47. The zero-order chi connectivity index (χ0) is 25.1. The molecule has 0 saturated carbocycles. The molecule has 1 aliphatic heterocycles. The zero-order valence-electron chi connectivity index (χ0n) is 18.6. The molecule has 3 aromatic heterocycles. The van der Waals surface area contributed by atoms with Gasteiger partial charge < -0.3 is 18.9 Å². The molecule has 4 aromatic rings. The second kappa shape index (κ2) is 9.74. The number of carbonyl (C=O) groups is 4. The Morgan fingerprint density at radius 1 is 0.444 bits per heavy atom. The third-order valence-electron chi connectivity index (χ3n) is 5.20. The van der Waals surface area contributed by atoms with Gasteiger partial charge in [0.25, 0.3) is 0 Å². The van der Waals surface area contributed by atoms with Crippen LogP contribution in [0.15, 0.2) is 54.6 Å². The van der Waals surface area contributed by atoms with E-state index in [1.54, 1.807) is 12.1 Å². The second-order valence-corrected chi connectivity index (χ2v) is 7.55. The number of ether oxygens (including phenoxy) is 4. The lowest BCUT2D eigenvalue weighted by Crippen LogP contribution is -2.18. The van der Waals surface area contributed by atoms with Crippen molar-refractivity contribution in [3.8, 4) is 0 Å². The van der Waals surface area contributed by atoms with Crippen molar-refractivity contribution in [2.45, 2.75) is 0 Å². The van der Waals surface area contributed by atoms with Gasteiger partial charge in [-0.2, -0.15) is 0 Å². The number of benzene rings is 1. The lowest BCUT2D eigenvalue weighted by Gasteiger charge is -2.08. The number of pyridine rings is 3. The van der Waals surface area contributed by atoms with Gasteiger partial charge >= 0.3 is 23.9 Å². The molecule has 36 heavy (non-hydrogen) atoms. The fraction of sp³-hybridized carbons (Fsp3) is 0.160. The number of aromatic nitrogens is 3. The minimum Gasteiger partial charge on any atom is -0.457 e. The highest BCUT2D eigenvalue weighted by atomic mass is 16.6. The molecule has 1 aromatic carbocycles. The van der Waals surface area contributed by atoms with Crippen LogP contribution in [0.5, 0.6) is 0 Å². The summed E-state index contributed by atoms with van der Waals surface area (Å²) in [5.74, 6) is -3.07. The minimum absolute atomic E-state index is 0.0204. The molecule has 5 rings (SSSR count). The molecular formula is C25H17N3O8. The molecule has 1 aliphatic rings. The van der Waals surface area contributed by atoms with E-state index >= 15 is 0 Å². The number of fused-ring (bicyclic) bond motifs is 4. The first-order valence-corrected chi connectivity index (χ1v) is 10.9. The SMILES string of the molecule is O=C1OCCOC(=O)c2ccc3ccc4ccc(nc4c3n2)C(=O)OCCOC(=O)c2cccc1n2. The Morgan fingerprint density at radius 2 is 0.778 bits per heavy atom. The van der Waals surface area contributed by atoms with E-state index in [0.29, 0.717) is 21.8 Å². The van der Waals surface area contributed by atoms with Crippen LogP contribution in [0.2, 0.25) is 0 Å². The average Bonchev–Trinajstić information content (AvgIpc) is 2.91. The maximum Gasteiger partial charge on any atom is 0.357 e. The standard InChI is InChI=1S/C25H17N3O8/c29-22-16-2-1-3-17(26-16)23(30)34-11-13-36-25(32)19-9-7-15-5-4-14-6-8-18(24(31)35-12-10-33-22)27-20(14)21(15)28-19/h1-9H,10-13H2. The van der Waals surface area contributed by atoms with Crippen LogP contribution >= 0.6 is 0 Å². The predicted octanol–water partition coefficient (Wildman–Crippen LogP) is 2.52. The number of hydrogen-bond acceptors (Lipinski definition) is 11. The molecule has 4 heterocycles. The fourth-order valence-electron chi connectivity index (χ4n) is 3.49. The van der Waals surface area contributed by atoms with Crippen molar-refractivity contribution >= 4 is 45.7 Å². The van der Waals surface area contributed by atoms with Crippen LogP contribution in [-0.2, 0) is 18.9 Å². The van der Waals surface area contributed by atoms with E-state index in [-0.39, 0.29) is 49.2 Å². The van der Waals surface area contributed by atoms with Crippen LogP contribution in [0.1, 0.15) is 42.0 Å². The molecule has 11 nitrogen and oxygen atoms in total. The number of nitrogens with zero attached hydrogens (tertiary/aromatic N) is 3. The van der Waals surface area contributed by atoms with Gasteiger partial charge in [0.05, 0.1) is 11.0 Å². The van der Waals surface area contributed by atoms with Gasteiger partial charge in [0.2, 0.25) is 0 Å². The Hall–Kier alpha value is -4.93. The summed E-state index contributed by atoms with van der Waals surface area (Å²) in [4.78, 5) is 62.3. The van der Waals surface area contributed by atoms with Gasteiger partial charge in [-0.1, -0.05) is 30.3 Å². The molecule has 0 fully saturated rings. The normalized spacial score (nSPS) is 15.3. The van der Waals surface area contributed by atoms with Crippen molar-refractivity contribution in [3.05, 3.63) is 77.4 Å². The summed E-state index contributed by atoms with van der Waals surface area (Å²) in [5.41, 5.74) is 0.581. The Morgan fingerprint density at radius 3 is 1.17 bits per heavy atom. The molecule has 0 saturated heterocycles. The molecule has 0 amide bonds. The molecule has 0 radical (unpaired) electrons. The average molecular weight is 487 g/mol. The first-order chi connectivity index (χ1) is 17.5. The summed E-state index contributed by atoms with van der Waals surface area (Å²) < 4.78 is 20.5. The van der Waals surface area contributed by atoms with Crippen LogP contribution in [0.25, 0.3) is 21.8 Å². The third-order valence-corrected chi connectivity index (χ3v) is 5.20. The van der Waals surface area contributed by atoms with Crippen LogP contribution < -0.4 is 0 Å². The largest absolute Gasteiger partial charge is 0.457 e. The molecule has 180 valence electrons. The van der Waals surface area contributed by atoms with Gasteiger partial charge in [0.15, 0.2) is 0 Å². The van der Waals surface area contributed by atoms with Crippen molar-refractivity contribution in [1.29, 1.82) is 0 Å². The summed E-state index contributed by atoms with van der Waals surface area (Å²) in [5, 5.41) is 1.40. The van der Waals surface area contributed by atoms with E-state index in [9.17, 15) is 19.2 Å². The molecular weight excluding hydrogens is 470 g/mol. The Bertz CT molecular complexity index is 1420. The molecule has 6 bridgehead atoms. The summed E-state index contributed by atoms with van der Waals surface area (Å²) in [6.07, 6.45) is 0. The van der Waals surface area contributed by atoms with Gasteiger partial charge in [0.1, 0.15) is 49.2 Å². The summed E-state index contributed by atoms with van der Waals surface area (Å²) in [6.45, 7) is -0.921. The molecule has 0 unspecified atom stereocenters. The van der Waals surface area contributed by atoms with E-state index < -0.39 is 23.9 Å². The number of carbonyl (C=O) groups excluding carboxylic acids is 4. The topological polar surface area (TPSA) is 144 Å². The predicted molar refractivity (Wildman–Crippen MR) is 122 cm³/mol. The van der Waals surface area contributed by atoms with E-state index in [1.807, 2.05) is 12.1 Å². The summed E-state index contributed by atoms with van der Waals surface area (Å²) in [7, 11) is 0. The maximum absolute atomic E-state index is 12.5. The smallest absolute Gasteiger partial charge is 0.357 e. The fourth-order valence-corrected chi connectivity index (χ4v) is 3.49. The maximum atomic E-state index is 12.5. The molecule has 0 N–H and O–H groups in total. The van der Waals surface area contributed by atoms with Crippen molar-refractivity contribution in [3.63, 3.8) is 0 Å². The molecule has 0 spiro atoms. The van der Waals surface area contributed by atoms with Gasteiger partial charge in [-0.15, -0.1) is 0 Å². The van der Waals surface area contributed by atoms with E-state index in [2.05, 4.69) is 15.0 Å². The summed E-state index contributed by atoms with van der Waals surface area (Å²) in [6, 6.07) is 14.2. The zero-order valence-corrected chi connectivity index (χ0v) is 18.6. The van der Waals surface area contributed by atoms with Crippen molar-refractivity contribution < 1.29 is 38.1 Å². The number of rotatable bonds is 0. The quantitative estimate of drug-likeness (QED) is 0.205. The summed E-state index contributed by atoms with van der Waals surface area (Å²) >= 11 is 0. The third kappa shape index (κ3) is 4.67. The van der Waals surface area contributed by atoms with Crippen LogP contribution in [-0.4, -0.2) is 65.3 Å². The van der Waals surface area contributed by atoms with E-state index in [0.717, 1.165) is 0 Å². The molecule has 0 aliphatic carbocycles. The van der Waals surface area contributed by atoms with Gasteiger partial charge in [-0.05, 0) is 24.3 Å². The monoisotopic (exact) mass is 487 g/mol. The van der Waals surface area contributed by atoms with E-state index in [4.69, 9.17) is 18.9 Å². The lowest BCUT2D eigenvalue weighted by atomic mass is 10.1. The van der Waals surface area contributed by atoms with Gasteiger partial charge in [0, 0.05) is 10.8 Å². The molecule has 11 heteroatoms. The van der Waals surface area contributed by atoms with Crippen LogP contribution in [0.3, 0.4) is 0 Å². The Labute approximate surface area is 203 Å². The highest BCUT2D eigenvalue weighted by Crippen LogP contribution is 2.23. The second-order valence-electron chi connectivity index (χ2n) is 7.55. The number of hydrogen-bond donors (Lipinski definition) is 0. The van der Waals surface area contributed by atoms with Crippen molar-refractivity contribution in [1.82, 2.24) is 15.0 Å². The number of cyclic esters (lactones) is 4. The Kier molecular flexibility index (Phi) is 6.18. The molecule has 0 atom stereocenters. The van der Waals surface area contributed by atoms with Crippen molar-refractivity contribution in [2.75, 3.05) is 26.4 Å². The van der Waals surface area contributed by atoms with Crippen LogP contribution in [0, 0.1) is 0 Å².